The number of nitrogens with zero attached hydrogens (tertiary/aromatic N) is 4. The molecule has 1 fully saturated rings. The molecule has 3 aromatic heterocycles. The fraction of sp³-hybridized carbons (Fsp3) is 0.429. The molecule has 1 atom stereocenters. The molecule has 120 valence electrons. The first kappa shape index (κ1) is 14.3. The fourth-order valence-corrected chi connectivity index (χ4v) is 3.23. The van der Waals surface area contributed by atoms with Crippen molar-refractivity contribution >= 4 is 22.2 Å². The number of carbonyl (C=O) groups excluding carboxylic acids is 1. The molecular formula is C14H15N5O3S. The van der Waals surface area contributed by atoms with Crippen molar-refractivity contribution in [3.8, 4) is 0 Å². The number of nitrogens with one attached hydrogen (secondary N) is 1. The molecule has 0 aromatic carbocycles. The van der Waals surface area contributed by atoms with Crippen LogP contribution in [-0.2, 0) is 22.5 Å². The Morgan fingerprint density at radius 1 is 1.48 bits per heavy atom. The lowest BCUT2D eigenvalue weighted by Crippen LogP contribution is -2.25. The summed E-state index contributed by atoms with van der Waals surface area (Å²) in [4.78, 5) is 21.5. The number of fused-ring (bicyclic) bond motifs is 1. The number of thiazole rings is 1. The molecule has 0 saturated carbocycles. The van der Waals surface area contributed by atoms with Gasteiger partial charge >= 0.3 is 0 Å². The Morgan fingerprint density at radius 2 is 2.43 bits per heavy atom. The average molecular weight is 333 g/mol. The van der Waals surface area contributed by atoms with E-state index in [1.165, 1.54) is 11.3 Å². The van der Waals surface area contributed by atoms with Gasteiger partial charge in [0.05, 0.1) is 18.7 Å². The number of hydrogen-bond acceptors (Lipinski definition) is 7. The third-order valence-corrected chi connectivity index (χ3v) is 4.39. The third-order valence-electron chi connectivity index (χ3n) is 3.62. The Hall–Kier alpha value is -2.26. The molecule has 1 amide bonds. The van der Waals surface area contributed by atoms with Crippen LogP contribution < -0.4 is 5.32 Å². The lowest BCUT2D eigenvalue weighted by atomic mass is 10.2. The van der Waals surface area contributed by atoms with E-state index in [-0.39, 0.29) is 25.0 Å². The first-order valence-electron chi connectivity index (χ1n) is 7.40. The number of aromatic nitrogens is 4. The van der Waals surface area contributed by atoms with Gasteiger partial charge in [-0.1, -0.05) is 5.16 Å². The molecule has 0 bridgehead atoms. The fourth-order valence-electron chi connectivity index (χ4n) is 2.51. The number of ether oxygens (including phenoxy) is 1. The molecule has 8 nitrogen and oxygen atoms in total. The Labute approximate surface area is 135 Å². The SMILES string of the molecule is O=C(Cc1cn2ccsc2n1)NCc1noc([C@H]2CCCO2)n1. The second kappa shape index (κ2) is 6.09. The summed E-state index contributed by atoms with van der Waals surface area (Å²) >= 11 is 1.54. The van der Waals surface area contributed by atoms with Gasteiger partial charge in [-0.3, -0.25) is 9.20 Å². The van der Waals surface area contributed by atoms with E-state index in [0.29, 0.717) is 11.7 Å². The van der Waals surface area contributed by atoms with E-state index >= 15 is 0 Å². The highest BCUT2D eigenvalue weighted by atomic mass is 32.1. The predicted octanol–water partition coefficient (Wildman–Crippen LogP) is 1.49. The normalized spacial score (nSPS) is 17.8. The largest absolute Gasteiger partial charge is 0.368 e. The molecule has 4 heterocycles. The number of amides is 1. The van der Waals surface area contributed by atoms with E-state index in [1.54, 1.807) is 0 Å². The number of carbonyl (C=O) groups is 1. The molecule has 1 N–H and O–H groups in total. The highest BCUT2D eigenvalue weighted by Gasteiger charge is 2.23. The van der Waals surface area contributed by atoms with Crippen LogP contribution in [0.1, 0.15) is 36.4 Å². The minimum Gasteiger partial charge on any atom is -0.368 e. The first-order valence-corrected chi connectivity index (χ1v) is 8.28. The van der Waals surface area contributed by atoms with Crippen LogP contribution in [0.2, 0.25) is 0 Å². The smallest absolute Gasteiger partial charge is 0.255 e. The maximum Gasteiger partial charge on any atom is 0.255 e. The first-order chi connectivity index (χ1) is 11.3. The minimum atomic E-state index is -0.126. The van der Waals surface area contributed by atoms with Gasteiger partial charge in [-0.2, -0.15) is 4.98 Å². The van der Waals surface area contributed by atoms with Crippen molar-refractivity contribution in [3.05, 3.63) is 35.2 Å². The quantitative estimate of drug-likeness (QED) is 0.760. The molecule has 0 aliphatic carbocycles. The van der Waals surface area contributed by atoms with Crippen LogP contribution in [0.25, 0.3) is 4.96 Å². The van der Waals surface area contributed by atoms with Crippen molar-refractivity contribution in [1.29, 1.82) is 0 Å². The van der Waals surface area contributed by atoms with Gasteiger partial charge in [-0.15, -0.1) is 11.3 Å². The van der Waals surface area contributed by atoms with Gasteiger partial charge in [-0.05, 0) is 12.8 Å². The van der Waals surface area contributed by atoms with E-state index in [2.05, 4.69) is 20.4 Å². The van der Waals surface area contributed by atoms with Crippen molar-refractivity contribution in [1.82, 2.24) is 24.8 Å². The number of rotatable bonds is 5. The molecule has 9 heteroatoms. The number of hydrogen-bond donors (Lipinski definition) is 1. The molecule has 1 aliphatic heterocycles. The third kappa shape index (κ3) is 3.10. The summed E-state index contributed by atoms with van der Waals surface area (Å²) in [7, 11) is 0. The van der Waals surface area contributed by atoms with Crippen LogP contribution in [0, 0.1) is 0 Å². The van der Waals surface area contributed by atoms with Gasteiger partial charge in [0, 0.05) is 24.4 Å². The summed E-state index contributed by atoms with van der Waals surface area (Å²) in [5.74, 6) is 0.815. The highest BCUT2D eigenvalue weighted by Crippen LogP contribution is 2.26. The molecule has 0 spiro atoms. The molecule has 4 rings (SSSR count). The Morgan fingerprint density at radius 3 is 3.26 bits per heavy atom. The van der Waals surface area contributed by atoms with Crippen LogP contribution in [0.3, 0.4) is 0 Å². The highest BCUT2D eigenvalue weighted by molar-refractivity contribution is 7.15. The van der Waals surface area contributed by atoms with Gasteiger partial charge in [0.15, 0.2) is 10.8 Å². The lowest BCUT2D eigenvalue weighted by molar-refractivity contribution is -0.120. The van der Waals surface area contributed by atoms with E-state index in [4.69, 9.17) is 9.26 Å². The summed E-state index contributed by atoms with van der Waals surface area (Å²) in [6.07, 6.45) is 5.79. The Bertz CT molecular complexity index is 789. The summed E-state index contributed by atoms with van der Waals surface area (Å²) in [5.41, 5.74) is 0.738. The topological polar surface area (TPSA) is 94.6 Å². The molecule has 0 radical (unpaired) electrons. The van der Waals surface area contributed by atoms with Crippen LogP contribution in [0.4, 0.5) is 0 Å². The van der Waals surface area contributed by atoms with Gasteiger partial charge in [0.2, 0.25) is 5.91 Å². The molecule has 0 unspecified atom stereocenters. The molecule has 23 heavy (non-hydrogen) atoms. The second-order valence-electron chi connectivity index (χ2n) is 5.33. The van der Waals surface area contributed by atoms with E-state index in [9.17, 15) is 4.79 Å². The zero-order valence-corrected chi connectivity index (χ0v) is 13.1. The van der Waals surface area contributed by atoms with Crippen molar-refractivity contribution in [2.45, 2.75) is 31.9 Å². The van der Waals surface area contributed by atoms with Crippen LogP contribution >= 0.6 is 11.3 Å². The monoisotopic (exact) mass is 333 g/mol. The Kier molecular flexibility index (Phi) is 3.80. The maximum atomic E-state index is 12.0. The summed E-state index contributed by atoms with van der Waals surface area (Å²) in [5, 5.41) is 8.60. The van der Waals surface area contributed by atoms with Crippen molar-refractivity contribution in [3.63, 3.8) is 0 Å². The van der Waals surface area contributed by atoms with Crippen molar-refractivity contribution < 1.29 is 14.1 Å². The van der Waals surface area contributed by atoms with Gasteiger partial charge in [0.25, 0.3) is 5.89 Å². The van der Waals surface area contributed by atoms with Crippen LogP contribution in [0.5, 0.6) is 0 Å². The summed E-state index contributed by atoms with van der Waals surface area (Å²) in [6, 6.07) is 0. The van der Waals surface area contributed by atoms with E-state index < -0.39 is 0 Å². The minimum absolute atomic E-state index is 0.106. The zero-order valence-electron chi connectivity index (χ0n) is 12.3. The second-order valence-corrected chi connectivity index (χ2v) is 6.20. The van der Waals surface area contributed by atoms with Crippen molar-refractivity contribution in [2.75, 3.05) is 6.61 Å². The predicted molar refractivity (Wildman–Crippen MR) is 80.8 cm³/mol. The van der Waals surface area contributed by atoms with Gasteiger partial charge in [0.1, 0.15) is 6.10 Å². The van der Waals surface area contributed by atoms with Crippen molar-refractivity contribution in [2.24, 2.45) is 0 Å². The maximum absolute atomic E-state index is 12.0. The van der Waals surface area contributed by atoms with Gasteiger partial charge < -0.3 is 14.6 Å². The average Bonchev–Trinajstić information content (AvgIpc) is 3.28. The Balaban J connectivity index is 1.31. The van der Waals surface area contributed by atoms with E-state index in [1.807, 2.05) is 22.2 Å². The standard InChI is InChI=1S/C14H15N5O3S/c20-12(6-9-8-19-3-5-23-14(19)16-9)15-7-11-17-13(22-18-11)10-2-1-4-21-10/h3,5,8,10H,1-2,4,6-7H2,(H,15,20)/t10-/m1/s1. The van der Waals surface area contributed by atoms with Gasteiger partial charge in [-0.25, -0.2) is 4.98 Å². The molecule has 1 aliphatic rings. The van der Waals surface area contributed by atoms with Crippen LogP contribution in [0.15, 0.2) is 22.3 Å². The lowest BCUT2D eigenvalue weighted by Gasteiger charge is -2.01. The van der Waals surface area contributed by atoms with Crippen LogP contribution in [-0.4, -0.2) is 32.0 Å². The number of imidazole rings is 1. The molecule has 1 saturated heterocycles. The zero-order chi connectivity index (χ0) is 15.6. The van der Waals surface area contributed by atoms with E-state index in [0.717, 1.165) is 30.1 Å². The summed E-state index contributed by atoms with van der Waals surface area (Å²) in [6.45, 7) is 0.957. The molecule has 3 aromatic rings. The summed E-state index contributed by atoms with van der Waals surface area (Å²) < 4.78 is 12.6. The molecular weight excluding hydrogens is 318 g/mol.